The quantitative estimate of drug-likeness (QED) is 0.847. The normalized spacial score (nSPS) is 11.4. The average Bonchev–Trinajstić information content (AvgIpc) is 2.53. The summed E-state index contributed by atoms with van der Waals surface area (Å²) in [6.45, 7) is 3.75. The summed E-state index contributed by atoms with van der Waals surface area (Å²) in [6.07, 6.45) is -4.53. The van der Waals surface area contributed by atoms with Crippen LogP contribution in [0, 0.1) is 0 Å². The minimum Gasteiger partial charge on any atom is -0.484 e. The Morgan fingerprint density at radius 2 is 1.71 bits per heavy atom. The summed E-state index contributed by atoms with van der Waals surface area (Å²) in [4.78, 5) is 11.8. The number of hydrogen-bond donors (Lipinski definition) is 1. The zero-order chi connectivity index (χ0) is 17.7. The molecule has 0 aliphatic rings. The Balaban J connectivity index is 1.97. The van der Waals surface area contributed by atoms with Crippen molar-refractivity contribution in [1.29, 1.82) is 0 Å². The molecule has 3 nitrogen and oxygen atoms in total. The van der Waals surface area contributed by atoms with Gasteiger partial charge in [0.1, 0.15) is 5.75 Å². The van der Waals surface area contributed by atoms with Gasteiger partial charge in [-0.25, -0.2) is 0 Å². The molecule has 0 saturated carbocycles. The number of rotatable bonds is 5. The van der Waals surface area contributed by atoms with E-state index in [4.69, 9.17) is 4.74 Å². The van der Waals surface area contributed by atoms with Gasteiger partial charge < -0.3 is 10.1 Å². The van der Waals surface area contributed by atoms with Gasteiger partial charge in [0, 0.05) is 0 Å². The van der Waals surface area contributed by atoms with E-state index in [-0.39, 0.29) is 12.3 Å². The molecule has 0 aliphatic carbocycles. The van der Waals surface area contributed by atoms with E-state index in [9.17, 15) is 18.0 Å². The third-order valence-electron chi connectivity index (χ3n) is 3.42. The van der Waals surface area contributed by atoms with Crippen LogP contribution < -0.4 is 10.1 Å². The predicted octanol–water partition coefficient (Wildman–Crippen LogP) is 4.85. The molecule has 6 heteroatoms. The zero-order valence-electron chi connectivity index (χ0n) is 13.4. The first-order chi connectivity index (χ1) is 11.3. The monoisotopic (exact) mass is 337 g/mol. The van der Waals surface area contributed by atoms with E-state index < -0.39 is 17.6 Å². The first kappa shape index (κ1) is 17.8. The Morgan fingerprint density at radius 1 is 1.08 bits per heavy atom. The second-order valence-electron chi connectivity index (χ2n) is 5.60. The lowest BCUT2D eigenvalue weighted by Gasteiger charge is -2.14. The van der Waals surface area contributed by atoms with Crippen LogP contribution in [0.1, 0.15) is 30.9 Å². The lowest BCUT2D eigenvalue weighted by Crippen LogP contribution is -2.22. The number of carbonyl (C=O) groups excluding carboxylic acids is 1. The molecule has 0 fully saturated rings. The summed E-state index contributed by atoms with van der Waals surface area (Å²) >= 11 is 0. The number of carbonyl (C=O) groups is 1. The van der Waals surface area contributed by atoms with Crippen LogP contribution in [-0.4, -0.2) is 12.5 Å². The number of nitrogens with one attached hydrogen (secondary N) is 1. The zero-order valence-corrected chi connectivity index (χ0v) is 13.4. The van der Waals surface area contributed by atoms with E-state index in [1.807, 2.05) is 12.1 Å². The van der Waals surface area contributed by atoms with Gasteiger partial charge in [0.2, 0.25) is 0 Å². The number of amides is 1. The molecule has 128 valence electrons. The molecule has 0 radical (unpaired) electrons. The Hall–Kier alpha value is -2.50. The van der Waals surface area contributed by atoms with Crippen molar-refractivity contribution in [3.05, 3.63) is 59.7 Å². The number of benzene rings is 2. The molecule has 0 bridgehead atoms. The molecule has 1 amide bonds. The third-order valence-corrected chi connectivity index (χ3v) is 3.42. The molecule has 2 rings (SSSR count). The number of hydrogen-bond acceptors (Lipinski definition) is 2. The molecule has 24 heavy (non-hydrogen) atoms. The van der Waals surface area contributed by atoms with Crippen LogP contribution >= 0.6 is 0 Å². The van der Waals surface area contributed by atoms with Crippen molar-refractivity contribution in [1.82, 2.24) is 0 Å². The Morgan fingerprint density at radius 3 is 2.29 bits per heavy atom. The van der Waals surface area contributed by atoms with Crippen LogP contribution in [0.3, 0.4) is 0 Å². The van der Waals surface area contributed by atoms with Crippen LogP contribution in [0.15, 0.2) is 48.5 Å². The Bertz CT molecular complexity index is 694. The largest absolute Gasteiger partial charge is 0.484 e. The fourth-order valence-electron chi connectivity index (χ4n) is 2.12. The van der Waals surface area contributed by atoms with E-state index >= 15 is 0 Å². The first-order valence-electron chi connectivity index (χ1n) is 7.46. The number of ether oxygens (including phenoxy) is 1. The maximum absolute atomic E-state index is 12.9. The molecule has 0 spiro atoms. The molecular formula is C18H18F3NO2. The maximum Gasteiger partial charge on any atom is 0.418 e. The fourth-order valence-corrected chi connectivity index (χ4v) is 2.12. The molecule has 2 aromatic rings. The summed E-state index contributed by atoms with van der Waals surface area (Å²) < 4.78 is 43.9. The number of halogens is 3. The minimum absolute atomic E-state index is 0.284. The number of alkyl halides is 3. The molecule has 0 heterocycles. The van der Waals surface area contributed by atoms with Crippen LogP contribution in [0.2, 0.25) is 0 Å². The summed E-state index contributed by atoms with van der Waals surface area (Å²) in [6, 6.07) is 12.0. The average molecular weight is 337 g/mol. The Kier molecular flexibility index (Phi) is 5.49. The topological polar surface area (TPSA) is 38.3 Å². The second-order valence-corrected chi connectivity index (χ2v) is 5.60. The van der Waals surface area contributed by atoms with Gasteiger partial charge in [-0.1, -0.05) is 38.1 Å². The lowest BCUT2D eigenvalue weighted by atomic mass is 10.0. The van der Waals surface area contributed by atoms with Crippen molar-refractivity contribution < 1.29 is 22.7 Å². The van der Waals surface area contributed by atoms with Crippen molar-refractivity contribution in [2.45, 2.75) is 25.9 Å². The van der Waals surface area contributed by atoms with Crippen molar-refractivity contribution in [3.8, 4) is 5.75 Å². The van der Waals surface area contributed by atoms with Gasteiger partial charge >= 0.3 is 6.18 Å². The van der Waals surface area contributed by atoms with Gasteiger partial charge in [-0.2, -0.15) is 13.2 Å². The van der Waals surface area contributed by atoms with E-state index in [1.165, 1.54) is 18.2 Å². The molecule has 2 aromatic carbocycles. The van der Waals surface area contributed by atoms with Crippen molar-refractivity contribution in [3.63, 3.8) is 0 Å². The van der Waals surface area contributed by atoms with E-state index in [1.54, 1.807) is 12.1 Å². The van der Waals surface area contributed by atoms with Gasteiger partial charge in [0.05, 0.1) is 11.3 Å². The molecular weight excluding hydrogens is 319 g/mol. The highest BCUT2D eigenvalue weighted by Gasteiger charge is 2.33. The summed E-state index contributed by atoms with van der Waals surface area (Å²) in [5.74, 6) is 0.208. The SMILES string of the molecule is CC(C)c1ccc(OCC(=O)Nc2ccccc2C(F)(F)F)cc1. The first-order valence-corrected chi connectivity index (χ1v) is 7.46. The highest BCUT2D eigenvalue weighted by Crippen LogP contribution is 2.34. The standard InChI is InChI=1S/C18H18F3NO2/c1-12(2)13-7-9-14(10-8-13)24-11-17(23)22-16-6-4-3-5-15(16)18(19,20)21/h3-10,12H,11H2,1-2H3,(H,22,23). The minimum atomic E-state index is -4.53. The highest BCUT2D eigenvalue weighted by molar-refractivity contribution is 5.92. The molecule has 0 saturated heterocycles. The highest BCUT2D eigenvalue weighted by atomic mass is 19.4. The summed E-state index contributed by atoms with van der Waals surface area (Å²) in [5.41, 5.74) is -0.0423. The summed E-state index contributed by atoms with van der Waals surface area (Å²) in [7, 11) is 0. The van der Waals surface area contributed by atoms with Gasteiger partial charge in [0.15, 0.2) is 6.61 Å². The Labute approximate surface area is 138 Å². The van der Waals surface area contributed by atoms with Gasteiger partial charge in [0.25, 0.3) is 5.91 Å². The van der Waals surface area contributed by atoms with Crippen molar-refractivity contribution >= 4 is 11.6 Å². The molecule has 0 aromatic heterocycles. The van der Waals surface area contributed by atoms with E-state index in [0.29, 0.717) is 11.7 Å². The molecule has 0 atom stereocenters. The third kappa shape index (κ3) is 4.75. The van der Waals surface area contributed by atoms with Gasteiger partial charge in [-0.15, -0.1) is 0 Å². The maximum atomic E-state index is 12.9. The van der Waals surface area contributed by atoms with Crippen molar-refractivity contribution in [2.24, 2.45) is 0 Å². The number of anilines is 1. The van der Waals surface area contributed by atoms with Crippen LogP contribution in [0.25, 0.3) is 0 Å². The van der Waals surface area contributed by atoms with Gasteiger partial charge in [-0.3, -0.25) is 4.79 Å². The number of para-hydroxylation sites is 1. The molecule has 0 unspecified atom stereocenters. The molecule has 1 N–H and O–H groups in total. The van der Waals surface area contributed by atoms with Crippen LogP contribution in [-0.2, 0) is 11.0 Å². The summed E-state index contributed by atoms with van der Waals surface area (Å²) in [5, 5.41) is 2.23. The predicted molar refractivity (Wildman–Crippen MR) is 86.1 cm³/mol. The van der Waals surface area contributed by atoms with Crippen LogP contribution in [0.4, 0.5) is 18.9 Å². The van der Waals surface area contributed by atoms with Crippen molar-refractivity contribution in [2.75, 3.05) is 11.9 Å². The van der Waals surface area contributed by atoms with Gasteiger partial charge in [-0.05, 0) is 35.7 Å². The van der Waals surface area contributed by atoms with Crippen LogP contribution in [0.5, 0.6) is 5.75 Å². The van der Waals surface area contributed by atoms with E-state index in [2.05, 4.69) is 19.2 Å². The smallest absolute Gasteiger partial charge is 0.418 e. The fraction of sp³-hybridized carbons (Fsp3) is 0.278. The lowest BCUT2D eigenvalue weighted by molar-refractivity contribution is -0.137. The second kappa shape index (κ2) is 7.38. The molecule has 0 aliphatic heterocycles. The van der Waals surface area contributed by atoms with E-state index in [0.717, 1.165) is 11.6 Å².